The van der Waals surface area contributed by atoms with Gasteiger partial charge in [0.15, 0.2) is 0 Å². The van der Waals surface area contributed by atoms with E-state index in [1.807, 2.05) is 24.4 Å². The van der Waals surface area contributed by atoms with Crippen LogP contribution in [-0.4, -0.2) is 17.4 Å². The first kappa shape index (κ1) is 10.3. The third-order valence-corrected chi connectivity index (χ3v) is 2.20. The van der Waals surface area contributed by atoms with Crippen LogP contribution in [0.2, 0.25) is 0 Å². The minimum atomic E-state index is -0.371. The fourth-order valence-electron chi connectivity index (χ4n) is 1.40. The Morgan fingerprint density at radius 3 is 2.69 bits per heavy atom. The van der Waals surface area contributed by atoms with Gasteiger partial charge in [0.1, 0.15) is 5.66 Å². The first-order valence-electron chi connectivity index (χ1n) is 4.79. The zero-order valence-corrected chi connectivity index (χ0v) is 7.87. The maximum Gasteiger partial charge on any atom is 0.105 e. The molecule has 0 saturated carbocycles. The summed E-state index contributed by atoms with van der Waals surface area (Å²) in [5.74, 6) is 0. The highest BCUT2D eigenvalue weighted by molar-refractivity contribution is 5.17. The van der Waals surface area contributed by atoms with Gasteiger partial charge in [-0.2, -0.15) is 0 Å². The Kier molecular flexibility index (Phi) is 3.99. The Morgan fingerprint density at radius 2 is 2.08 bits per heavy atom. The average Bonchev–Trinajstić information content (AvgIpc) is 2.14. The van der Waals surface area contributed by atoms with Crippen LogP contribution < -0.4 is 11.1 Å². The standard InChI is InChI=1S/C10H18N2O/c11-10(6-2-1-5-9-13)7-3-4-8-12-10/h3-4,7-8,12-13H,1-2,5-6,9,11H2. The van der Waals surface area contributed by atoms with Crippen LogP contribution in [0.25, 0.3) is 0 Å². The van der Waals surface area contributed by atoms with Crippen LogP contribution in [0, 0.1) is 0 Å². The summed E-state index contributed by atoms with van der Waals surface area (Å²) >= 11 is 0. The minimum Gasteiger partial charge on any atom is -0.396 e. The normalized spacial score (nSPS) is 26.0. The van der Waals surface area contributed by atoms with Gasteiger partial charge >= 0.3 is 0 Å². The number of rotatable bonds is 5. The second-order valence-corrected chi connectivity index (χ2v) is 3.44. The summed E-state index contributed by atoms with van der Waals surface area (Å²) in [7, 11) is 0. The lowest BCUT2D eigenvalue weighted by Gasteiger charge is -2.28. The van der Waals surface area contributed by atoms with Gasteiger partial charge in [-0.3, -0.25) is 0 Å². The molecule has 0 spiro atoms. The van der Waals surface area contributed by atoms with Gasteiger partial charge in [-0.15, -0.1) is 0 Å². The second-order valence-electron chi connectivity index (χ2n) is 3.44. The van der Waals surface area contributed by atoms with E-state index in [0.29, 0.717) is 0 Å². The van der Waals surface area contributed by atoms with E-state index in [0.717, 1.165) is 25.7 Å². The monoisotopic (exact) mass is 182 g/mol. The summed E-state index contributed by atoms with van der Waals surface area (Å²) in [5.41, 5.74) is 5.66. The predicted octanol–water partition coefficient (Wildman–Crippen LogP) is 0.867. The summed E-state index contributed by atoms with van der Waals surface area (Å²) in [6.07, 6.45) is 11.6. The van der Waals surface area contributed by atoms with E-state index in [1.165, 1.54) is 0 Å². The number of nitrogens with two attached hydrogens (primary N) is 1. The van der Waals surface area contributed by atoms with Crippen LogP contribution in [0.15, 0.2) is 24.4 Å². The number of nitrogens with one attached hydrogen (secondary N) is 1. The Hall–Kier alpha value is -0.800. The lowest BCUT2D eigenvalue weighted by molar-refractivity contribution is 0.279. The Morgan fingerprint density at radius 1 is 1.23 bits per heavy atom. The molecular formula is C10H18N2O. The Bertz CT molecular complexity index is 201. The van der Waals surface area contributed by atoms with E-state index in [-0.39, 0.29) is 12.3 Å². The molecule has 0 bridgehead atoms. The van der Waals surface area contributed by atoms with Gasteiger partial charge in [0.2, 0.25) is 0 Å². The van der Waals surface area contributed by atoms with Crippen molar-refractivity contribution in [2.24, 2.45) is 5.73 Å². The Balaban J connectivity index is 2.19. The molecule has 0 aliphatic carbocycles. The molecule has 1 aliphatic rings. The second kappa shape index (κ2) is 5.04. The maximum atomic E-state index is 8.60. The quantitative estimate of drug-likeness (QED) is 0.553. The highest BCUT2D eigenvalue weighted by Crippen LogP contribution is 2.13. The van der Waals surface area contributed by atoms with E-state index < -0.39 is 0 Å². The Labute approximate surface area is 79.3 Å². The molecule has 0 amide bonds. The third-order valence-electron chi connectivity index (χ3n) is 2.20. The molecule has 1 heterocycles. The maximum absolute atomic E-state index is 8.60. The lowest BCUT2D eigenvalue weighted by atomic mass is 10.0. The van der Waals surface area contributed by atoms with Crippen molar-refractivity contribution in [1.29, 1.82) is 0 Å². The highest BCUT2D eigenvalue weighted by atomic mass is 16.2. The lowest BCUT2D eigenvalue weighted by Crippen LogP contribution is -2.50. The summed E-state index contributed by atoms with van der Waals surface area (Å²) in [6, 6.07) is 0. The molecule has 0 aromatic carbocycles. The van der Waals surface area contributed by atoms with Gasteiger partial charge in [0, 0.05) is 6.61 Å². The van der Waals surface area contributed by atoms with Crippen molar-refractivity contribution in [3.8, 4) is 0 Å². The molecule has 74 valence electrons. The molecule has 0 aromatic heterocycles. The van der Waals surface area contributed by atoms with Crippen molar-refractivity contribution in [2.75, 3.05) is 6.61 Å². The van der Waals surface area contributed by atoms with Gasteiger partial charge in [-0.05, 0) is 37.6 Å². The van der Waals surface area contributed by atoms with Gasteiger partial charge in [-0.25, -0.2) is 0 Å². The van der Waals surface area contributed by atoms with Crippen molar-refractivity contribution < 1.29 is 5.11 Å². The zero-order chi connectivity index (χ0) is 9.57. The molecule has 1 rings (SSSR count). The molecule has 3 nitrogen and oxygen atoms in total. The van der Waals surface area contributed by atoms with E-state index in [1.54, 1.807) is 0 Å². The molecule has 4 N–H and O–H groups in total. The first-order chi connectivity index (χ1) is 6.27. The van der Waals surface area contributed by atoms with Crippen molar-refractivity contribution in [3.05, 3.63) is 24.4 Å². The molecular weight excluding hydrogens is 164 g/mol. The summed E-state index contributed by atoms with van der Waals surface area (Å²) in [4.78, 5) is 0. The van der Waals surface area contributed by atoms with Crippen LogP contribution in [0.3, 0.4) is 0 Å². The molecule has 3 heteroatoms. The van der Waals surface area contributed by atoms with Gasteiger partial charge < -0.3 is 16.2 Å². The average molecular weight is 182 g/mol. The predicted molar refractivity (Wildman–Crippen MR) is 53.9 cm³/mol. The number of unbranched alkanes of at least 4 members (excludes halogenated alkanes) is 2. The van der Waals surface area contributed by atoms with E-state index in [9.17, 15) is 0 Å². The molecule has 1 unspecified atom stereocenters. The van der Waals surface area contributed by atoms with E-state index in [2.05, 4.69) is 5.32 Å². The van der Waals surface area contributed by atoms with E-state index in [4.69, 9.17) is 10.8 Å². The minimum absolute atomic E-state index is 0.279. The van der Waals surface area contributed by atoms with Crippen LogP contribution in [-0.2, 0) is 0 Å². The number of dihydropyridines is 1. The van der Waals surface area contributed by atoms with Crippen molar-refractivity contribution in [2.45, 2.75) is 31.3 Å². The van der Waals surface area contributed by atoms with Crippen molar-refractivity contribution in [1.82, 2.24) is 5.32 Å². The first-order valence-corrected chi connectivity index (χ1v) is 4.79. The summed E-state index contributed by atoms with van der Waals surface area (Å²) in [6.45, 7) is 0.279. The molecule has 0 aromatic rings. The fraction of sp³-hybridized carbons (Fsp3) is 0.600. The van der Waals surface area contributed by atoms with E-state index >= 15 is 0 Å². The van der Waals surface area contributed by atoms with Crippen LogP contribution in [0.5, 0.6) is 0 Å². The molecule has 0 fully saturated rings. The topological polar surface area (TPSA) is 58.3 Å². The largest absolute Gasteiger partial charge is 0.396 e. The molecule has 1 atom stereocenters. The number of aliphatic hydroxyl groups excluding tert-OH is 1. The number of hydrogen-bond donors (Lipinski definition) is 3. The summed E-state index contributed by atoms with van der Waals surface area (Å²) in [5, 5.41) is 11.7. The van der Waals surface area contributed by atoms with Crippen LogP contribution in [0.1, 0.15) is 25.7 Å². The smallest absolute Gasteiger partial charge is 0.105 e. The fourth-order valence-corrected chi connectivity index (χ4v) is 1.40. The third kappa shape index (κ3) is 3.61. The highest BCUT2D eigenvalue weighted by Gasteiger charge is 2.19. The molecule has 0 radical (unpaired) electrons. The van der Waals surface area contributed by atoms with Crippen molar-refractivity contribution in [3.63, 3.8) is 0 Å². The van der Waals surface area contributed by atoms with Crippen LogP contribution >= 0.6 is 0 Å². The van der Waals surface area contributed by atoms with Gasteiger partial charge in [-0.1, -0.05) is 12.5 Å². The summed E-state index contributed by atoms with van der Waals surface area (Å²) < 4.78 is 0. The molecule has 0 saturated heterocycles. The van der Waals surface area contributed by atoms with Gasteiger partial charge in [0.25, 0.3) is 0 Å². The number of aliphatic hydroxyl groups is 1. The molecule has 13 heavy (non-hydrogen) atoms. The van der Waals surface area contributed by atoms with Crippen molar-refractivity contribution >= 4 is 0 Å². The SMILES string of the molecule is NC1(CCCCCO)C=CC=CN1. The van der Waals surface area contributed by atoms with Gasteiger partial charge in [0.05, 0.1) is 0 Å². The number of hydrogen-bond acceptors (Lipinski definition) is 3. The number of allylic oxidation sites excluding steroid dienone is 2. The van der Waals surface area contributed by atoms with Crippen LogP contribution in [0.4, 0.5) is 0 Å². The molecule has 1 aliphatic heterocycles. The zero-order valence-electron chi connectivity index (χ0n) is 7.87.